The van der Waals surface area contributed by atoms with Crippen LogP contribution in [-0.4, -0.2) is 46.6 Å². The predicted molar refractivity (Wildman–Crippen MR) is 79.4 cm³/mol. The van der Waals surface area contributed by atoms with Crippen LogP contribution in [-0.2, 0) is 11.0 Å². The SMILES string of the molecule is CN1CCN([S@](=O)c2ccc3ccccc3c2)CC1. The molecule has 1 aliphatic rings. The molecule has 0 N–H and O–H groups in total. The molecular weight excluding hydrogens is 256 g/mol. The second-order valence-corrected chi connectivity index (χ2v) is 6.48. The third-order valence-corrected chi connectivity index (χ3v) is 5.11. The van der Waals surface area contributed by atoms with E-state index in [0.29, 0.717) is 0 Å². The van der Waals surface area contributed by atoms with Crippen LogP contribution in [0.15, 0.2) is 47.4 Å². The molecule has 0 amide bonds. The summed E-state index contributed by atoms with van der Waals surface area (Å²) in [5, 5.41) is 2.35. The summed E-state index contributed by atoms with van der Waals surface area (Å²) in [5.41, 5.74) is 0. The zero-order valence-corrected chi connectivity index (χ0v) is 11.9. The van der Waals surface area contributed by atoms with Crippen molar-refractivity contribution in [1.82, 2.24) is 9.21 Å². The maximum atomic E-state index is 12.6. The van der Waals surface area contributed by atoms with E-state index in [9.17, 15) is 4.21 Å². The van der Waals surface area contributed by atoms with Crippen molar-refractivity contribution in [2.24, 2.45) is 0 Å². The second-order valence-electron chi connectivity index (χ2n) is 4.99. The predicted octanol–water partition coefficient (Wildman–Crippen LogP) is 2.11. The van der Waals surface area contributed by atoms with Gasteiger partial charge in [-0.3, -0.25) is 0 Å². The van der Waals surface area contributed by atoms with Gasteiger partial charge in [-0.25, -0.2) is 8.51 Å². The minimum Gasteiger partial charge on any atom is -0.304 e. The van der Waals surface area contributed by atoms with E-state index in [2.05, 4.69) is 34.5 Å². The lowest BCUT2D eigenvalue weighted by Gasteiger charge is -2.31. The first-order valence-corrected chi connectivity index (χ1v) is 7.69. The van der Waals surface area contributed by atoms with Crippen LogP contribution in [0.4, 0.5) is 0 Å². The average Bonchev–Trinajstić information content (AvgIpc) is 2.47. The van der Waals surface area contributed by atoms with Crippen molar-refractivity contribution in [1.29, 1.82) is 0 Å². The average molecular weight is 274 g/mol. The number of benzene rings is 2. The van der Waals surface area contributed by atoms with Crippen LogP contribution >= 0.6 is 0 Å². The van der Waals surface area contributed by atoms with Crippen LogP contribution in [0.3, 0.4) is 0 Å². The zero-order valence-electron chi connectivity index (χ0n) is 11.1. The number of fused-ring (bicyclic) bond motifs is 1. The summed E-state index contributed by atoms with van der Waals surface area (Å²) in [5.74, 6) is 0. The quantitative estimate of drug-likeness (QED) is 0.837. The Morgan fingerprint density at radius 1 is 0.947 bits per heavy atom. The summed E-state index contributed by atoms with van der Waals surface area (Å²) in [7, 11) is 1.07. The summed E-state index contributed by atoms with van der Waals surface area (Å²) in [4.78, 5) is 3.18. The first-order valence-electron chi connectivity index (χ1n) is 6.58. The van der Waals surface area contributed by atoms with Crippen molar-refractivity contribution in [3.63, 3.8) is 0 Å². The van der Waals surface area contributed by atoms with Gasteiger partial charge in [0.25, 0.3) is 0 Å². The minimum atomic E-state index is -1.03. The molecule has 0 radical (unpaired) electrons. The molecule has 1 heterocycles. The lowest BCUT2D eigenvalue weighted by atomic mass is 10.1. The molecular formula is C15H18N2OS. The molecule has 100 valence electrons. The van der Waals surface area contributed by atoms with Crippen molar-refractivity contribution in [2.45, 2.75) is 4.90 Å². The molecule has 19 heavy (non-hydrogen) atoms. The van der Waals surface area contributed by atoms with Gasteiger partial charge < -0.3 is 4.90 Å². The van der Waals surface area contributed by atoms with E-state index in [-0.39, 0.29) is 0 Å². The van der Waals surface area contributed by atoms with E-state index in [0.717, 1.165) is 36.5 Å². The third kappa shape index (κ3) is 2.71. The highest BCUT2D eigenvalue weighted by molar-refractivity contribution is 7.82. The van der Waals surface area contributed by atoms with E-state index in [4.69, 9.17) is 0 Å². The van der Waals surface area contributed by atoms with Crippen LogP contribution in [0, 0.1) is 0 Å². The van der Waals surface area contributed by atoms with Crippen molar-refractivity contribution >= 4 is 21.8 Å². The molecule has 3 nitrogen and oxygen atoms in total. The summed E-state index contributed by atoms with van der Waals surface area (Å²) in [6.07, 6.45) is 0. The largest absolute Gasteiger partial charge is 0.304 e. The fourth-order valence-electron chi connectivity index (χ4n) is 2.38. The number of rotatable bonds is 2. The van der Waals surface area contributed by atoms with Crippen molar-refractivity contribution in [2.75, 3.05) is 33.2 Å². The van der Waals surface area contributed by atoms with Gasteiger partial charge in [0.05, 0.1) is 4.90 Å². The van der Waals surface area contributed by atoms with Crippen LogP contribution in [0.2, 0.25) is 0 Å². The fraction of sp³-hybridized carbons (Fsp3) is 0.333. The Kier molecular flexibility index (Phi) is 3.64. The van der Waals surface area contributed by atoms with E-state index in [1.54, 1.807) is 0 Å². The molecule has 0 saturated carbocycles. The van der Waals surface area contributed by atoms with Gasteiger partial charge in [-0.1, -0.05) is 30.3 Å². The van der Waals surface area contributed by atoms with Gasteiger partial charge in [-0.05, 0) is 30.0 Å². The van der Waals surface area contributed by atoms with Gasteiger partial charge in [0.15, 0.2) is 0 Å². The third-order valence-electron chi connectivity index (χ3n) is 3.62. The number of piperazine rings is 1. The lowest BCUT2D eigenvalue weighted by molar-refractivity contribution is 0.228. The van der Waals surface area contributed by atoms with Crippen molar-refractivity contribution in [3.8, 4) is 0 Å². The highest BCUT2D eigenvalue weighted by Gasteiger charge is 2.20. The Hall–Kier alpha value is -1.23. The molecule has 3 rings (SSSR count). The number of likely N-dealkylation sites (N-methyl/N-ethyl adjacent to an activating group) is 1. The zero-order chi connectivity index (χ0) is 13.2. The van der Waals surface area contributed by atoms with Crippen LogP contribution in [0.1, 0.15) is 0 Å². The molecule has 4 heteroatoms. The topological polar surface area (TPSA) is 23.6 Å². The van der Waals surface area contributed by atoms with Crippen molar-refractivity contribution < 1.29 is 4.21 Å². The maximum absolute atomic E-state index is 12.6. The van der Waals surface area contributed by atoms with E-state index in [1.807, 2.05) is 24.3 Å². The summed E-state index contributed by atoms with van der Waals surface area (Å²) in [6, 6.07) is 14.3. The Balaban J connectivity index is 1.85. The molecule has 2 aromatic carbocycles. The summed E-state index contributed by atoms with van der Waals surface area (Å²) in [6.45, 7) is 3.71. The Morgan fingerprint density at radius 3 is 2.37 bits per heavy atom. The number of hydrogen-bond acceptors (Lipinski definition) is 2. The number of nitrogens with zero attached hydrogens (tertiary/aromatic N) is 2. The molecule has 0 spiro atoms. The van der Waals surface area contributed by atoms with E-state index < -0.39 is 11.0 Å². The van der Waals surface area contributed by atoms with Crippen LogP contribution in [0.25, 0.3) is 10.8 Å². The molecule has 1 fully saturated rings. The highest BCUT2D eigenvalue weighted by atomic mass is 32.2. The molecule has 0 bridgehead atoms. The Bertz CT molecular complexity index is 606. The number of hydrogen-bond donors (Lipinski definition) is 0. The molecule has 1 aliphatic heterocycles. The molecule has 0 aliphatic carbocycles. The standard InChI is InChI=1S/C15H18N2OS/c1-16-8-10-17(11-9-16)19(18)15-7-6-13-4-2-3-5-14(13)12-15/h2-7,12H,8-11H2,1H3/t19-/m1/s1. The summed E-state index contributed by atoms with van der Waals surface area (Å²) >= 11 is 0. The molecule has 1 saturated heterocycles. The van der Waals surface area contributed by atoms with Gasteiger partial charge in [-0.2, -0.15) is 0 Å². The van der Waals surface area contributed by atoms with E-state index >= 15 is 0 Å². The van der Waals surface area contributed by atoms with Crippen LogP contribution in [0.5, 0.6) is 0 Å². The monoisotopic (exact) mass is 274 g/mol. The lowest BCUT2D eigenvalue weighted by Crippen LogP contribution is -2.45. The Labute approximate surface area is 116 Å². The fourth-order valence-corrected chi connectivity index (χ4v) is 3.58. The van der Waals surface area contributed by atoms with Gasteiger partial charge >= 0.3 is 0 Å². The maximum Gasteiger partial charge on any atom is 0.127 e. The second kappa shape index (κ2) is 5.41. The van der Waals surface area contributed by atoms with E-state index in [1.165, 1.54) is 5.39 Å². The summed E-state index contributed by atoms with van der Waals surface area (Å²) < 4.78 is 14.6. The van der Waals surface area contributed by atoms with Gasteiger partial charge in [-0.15, -0.1) is 0 Å². The minimum absolute atomic E-state index is 0.871. The Morgan fingerprint density at radius 2 is 1.63 bits per heavy atom. The van der Waals surface area contributed by atoms with Gasteiger partial charge in [0.2, 0.25) is 0 Å². The molecule has 0 unspecified atom stereocenters. The molecule has 1 atom stereocenters. The normalized spacial score (nSPS) is 19.6. The highest BCUT2D eigenvalue weighted by Crippen LogP contribution is 2.20. The van der Waals surface area contributed by atoms with Gasteiger partial charge in [0, 0.05) is 26.2 Å². The van der Waals surface area contributed by atoms with Crippen molar-refractivity contribution in [3.05, 3.63) is 42.5 Å². The molecule has 0 aromatic heterocycles. The van der Waals surface area contributed by atoms with Crippen LogP contribution < -0.4 is 0 Å². The molecule has 2 aromatic rings. The smallest absolute Gasteiger partial charge is 0.127 e. The first-order chi connectivity index (χ1) is 9.24. The first kappa shape index (κ1) is 12.8. The van der Waals surface area contributed by atoms with Gasteiger partial charge in [0.1, 0.15) is 11.0 Å².